The van der Waals surface area contributed by atoms with Crippen LogP contribution in [0.15, 0.2) is 5.03 Å². The average molecular weight is 295 g/mol. The molecule has 1 fully saturated rings. The van der Waals surface area contributed by atoms with Crippen LogP contribution in [0.4, 0.5) is 0 Å². The van der Waals surface area contributed by atoms with E-state index in [1.807, 2.05) is 11.8 Å². The van der Waals surface area contributed by atoms with E-state index in [9.17, 15) is 0 Å². The monoisotopic (exact) mass is 295 g/mol. The molecule has 4 heteroatoms. The first-order valence-corrected chi connectivity index (χ1v) is 8.83. The van der Waals surface area contributed by atoms with Gasteiger partial charge < -0.3 is 5.73 Å². The maximum absolute atomic E-state index is 6.16. The van der Waals surface area contributed by atoms with Crippen LogP contribution in [0.5, 0.6) is 0 Å². The first kappa shape index (κ1) is 15.9. The molecule has 20 heavy (non-hydrogen) atoms. The van der Waals surface area contributed by atoms with Crippen LogP contribution >= 0.6 is 11.8 Å². The Balaban J connectivity index is 2.13. The molecule has 3 unspecified atom stereocenters. The van der Waals surface area contributed by atoms with Crippen LogP contribution in [0.1, 0.15) is 57.2 Å². The molecule has 0 bridgehead atoms. The van der Waals surface area contributed by atoms with Crippen LogP contribution in [0.2, 0.25) is 0 Å². The Kier molecular flexibility index (Phi) is 5.56. The van der Waals surface area contributed by atoms with Gasteiger partial charge in [-0.15, -0.1) is 11.8 Å². The molecule has 1 aliphatic rings. The molecule has 114 valence electrons. The highest BCUT2D eigenvalue weighted by molar-refractivity contribution is 7.99. The zero-order valence-corrected chi connectivity index (χ0v) is 14.2. The van der Waals surface area contributed by atoms with E-state index in [0.717, 1.165) is 29.7 Å². The summed E-state index contributed by atoms with van der Waals surface area (Å²) in [7, 11) is 2.07. The largest absolute Gasteiger partial charge is 0.327 e. The molecule has 0 amide bonds. The second-order valence-electron chi connectivity index (χ2n) is 6.38. The summed E-state index contributed by atoms with van der Waals surface area (Å²) in [6.07, 6.45) is 7.45. The SMILES string of the molecule is CCC(N)Cc1c(C)nn(C)c1SC1CCCC(C)C1. The molecule has 2 N–H and O–H groups in total. The number of aromatic nitrogens is 2. The summed E-state index contributed by atoms with van der Waals surface area (Å²) in [5.41, 5.74) is 8.70. The highest BCUT2D eigenvalue weighted by Crippen LogP contribution is 2.38. The second kappa shape index (κ2) is 6.99. The van der Waals surface area contributed by atoms with Crippen molar-refractivity contribution in [3.05, 3.63) is 11.3 Å². The van der Waals surface area contributed by atoms with Gasteiger partial charge >= 0.3 is 0 Å². The Morgan fingerprint density at radius 1 is 1.45 bits per heavy atom. The maximum Gasteiger partial charge on any atom is 0.0974 e. The zero-order chi connectivity index (χ0) is 14.7. The van der Waals surface area contributed by atoms with Crippen molar-refractivity contribution in [3.8, 4) is 0 Å². The van der Waals surface area contributed by atoms with Crippen molar-refractivity contribution in [3.63, 3.8) is 0 Å². The molecule has 3 nitrogen and oxygen atoms in total. The smallest absolute Gasteiger partial charge is 0.0974 e. The zero-order valence-electron chi connectivity index (χ0n) is 13.4. The lowest BCUT2D eigenvalue weighted by Crippen LogP contribution is -2.22. The average Bonchev–Trinajstić information content (AvgIpc) is 2.65. The molecule has 0 spiro atoms. The molecule has 0 aliphatic heterocycles. The van der Waals surface area contributed by atoms with E-state index in [-0.39, 0.29) is 6.04 Å². The van der Waals surface area contributed by atoms with Crippen LogP contribution in [-0.2, 0) is 13.5 Å². The van der Waals surface area contributed by atoms with Crippen molar-refractivity contribution in [1.82, 2.24) is 9.78 Å². The van der Waals surface area contributed by atoms with E-state index in [4.69, 9.17) is 5.73 Å². The lowest BCUT2D eigenvalue weighted by Gasteiger charge is -2.26. The molecule has 3 atom stereocenters. The number of thioether (sulfide) groups is 1. The van der Waals surface area contributed by atoms with Crippen LogP contribution in [0, 0.1) is 12.8 Å². The fourth-order valence-corrected chi connectivity index (χ4v) is 4.70. The summed E-state index contributed by atoms with van der Waals surface area (Å²) in [5, 5.41) is 6.73. The van der Waals surface area contributed by atoms with Crippen LogP contribution in [0.3, 0.4) is 0 Å². The summed E-state index contributed by atoms with van der Waals surface area (Å²) in [5.74, 6) is 0.872. The number of hydrogen-bond acceptors (Lipinski definition) is 3. The summed E-state index contributed by atoms with van der Waals surface area (Å²) in [6, 6.07) is 0.252. The molecule has 1 aromatic heterocycles. The topological polar surface area (TPSA) is 43.8 Å². The minimum absolute atomic E-state index is 0.252. The standard InChI is InChI=1S/C16H29N3S/c1-5-13(17)10-15-12(3)18-19(4)16(15)20-14-8-6-7-11(2)9-14/h11,13-14H,5-10,17H2,1-4H3. The van der Waals surface area contributed by atoms with E-state index in [1.54, 1.807) is 0 Å². The van der Waals surface area contributed by atoms with Gasteiger partial charge in [-0.05, 0) is 38.5 Å². The van der Waals surface area contributed by atoms with E-state index < -0.39 is 0 Å². The van der Waals surface area contributed by atoms with E-state index in [2.05, 4.69) is 37.6 Å². The number of nitrogens with two attached hydrogens (primary N) is 1. The molecule has 1 saturated carbocycles. The van der Waals surface area contributed by atoms with Crippen molar-refractivity contribution in [2.24, 2.45) is 18.7 Å². The molecule has 1 heterocycles. The van der Waals surface area contributed by atoms with Crippen molar-refractivity contribution in [2.45, 2.75) is 75.6 Å². The lowest BCUT2D eigenvalue weighted by molar-refractivity contribution is 0.393. The number of aryl methyl sites for hydroxylation is 2. The van der Waals surface area contributed by atoms with Gasteiger partial charge in [0.15, 0.2) is 0 Å². The fourth-order valence-electron chi connectivity index (χ4n) is 3.11. The minimum atomic E-state index is 0.252. The van der Waals surface area contributed by atoms with Crippen molar-refractivity contribution in [1.29, 1.82) is 0 Å². The van der Waals surface area contributed by atoms with Gasteiger partial charge in [0.05, 0.1) is 10.7 Å². The molecule has 1 aliphatic carbocycles. The van der Waals surface area contributed by atoms with Crippen LogP contribution in [0.25, 0.3) is 0 Å². The number of nitrogens with zero attached hydrogens (tertiary/aromatic N) is 2. The Morgan fingerprint density at radius 2 is 2.20 bits per heavy atom. The quantitative estimate of drug-likeness (QED) is 0.901. The van der Waals surface area contributed by atoms with Gasteiger partial charge in [-0.2, -0.15) is 5.10 Å². The molecular weight excluding hydrogens is 266 g/mol. The van der Waals surface area contributed by atoms with Gasteiger partial charge in [-0.25, -0.2) is 0 Å². The Morgan fingerprint density at radius 3 is 2.85 bits per heavy atom. The van der Waals surface area contributed by atoms with E-state index in [0.29, 0.717) is 0 Å². The first-order chi connectivity index (χ1) is 9.51. The third-order valence-corrected chi connectivity index (χ3v) is 5.94. The Bertz CT molecular complexity index is 441. The van der Waals surface area contributed by atoms with E-state index >= 15 is 0 Å². The first-order valence-electron chi connectivity index (χ1n) is 7.96. The van der Waals surface area contributed by atoms with Gasteiger partial charge in [-0.1, -0.05) is 26.7 Å². The van der Waals surface area contributed by atoms with Crippen molar-refractivity contribution in [2.75, 3.05) is 0 Å². The molecule has 0 aromatic carbocycles. The Labute approximate surface area is 127 Å². The van der Waals surface area contributed by atoms with Crippen LogP contribution < -0.4 is 5.73 Å². The third kappa shape index (κ3) is 3.79. The molecule has 0 saturated heterocycles. The fraction of sp³-hybridized carbons (Fsp3) is 0.812. The summed E-state index contributed by atoms with van der Waals surface area (Å²) in [4.78, 5) is 0. The normalized spacial score (nSPS) is 24.9. The molecule has 1 aromatic rings. The Hall–Kier alpha value is -0.480. The van der Waals surface area contributed by atoms with Crippen LogP contribution in [-0.4, -0.2) is 21.1 Å². The van der Waals surface area contributed by atoms with Crippen molar-refractivity contribution < 1.29 is 0 Å². The summed E-state index contributed by atoms with van der Waals surface area (Å²) >= 11 is 2.04. The highest BCUT2D eigenvalue weighted by Gasteiger charge is 2.24. The molecular formula is C16H29N3S. The summed E-state index contributed by atoms with van der Waals surface area (Å²) < 4.78 is 2.07. The second-order valence-corrected chi connectivity index (χ2v) is 7.67. The number of hydrogen-bond donors (Lipinski definition) is 1. The van der Waals surface area contributed by atoms with Gasteiger partial charge in [-0.3, -0.25) is 4.68 Å². The van der Waals surface area contributed by atoms with Crippen molar-refractivity contribution >= 4 is 11.8 Å². The van der Waals surface area contributed by atoms with Gasteiger partial charge in [0.1, 0.15) is 0 Å². The molecule has 0 radical (unpaired) electrons. The van der Waals surface area contributed by atoms with Gasteiger partial charge in [0.25, 0.3) is 0 Å². The predicted octanol–water partition coefficient (Wildman–Crippen LogP) is 3.68. The lowest BCUT2D eigenvalue weighted by atomic mass is 9.91. The third-order valence-electron chi connectivity index (χ3n) is 4.45. The predicted molar refractivity (Wildman–Crippen MR) is 87.2 cm³/mol. The maximum atomic E-state index is 6.16. The molecule has 2 rings (SSSR count). The highest BCUT2D eigenvalue weighted by atomic mass is 32.2. The summed E-state index contributed by atoms with van der Waals surface area (Å²) in [6.45, 7) is 6.66. The van der Waals surface area contributed by atoms with E-state index in [1.165, 1.54) is 36.3 Å². The van der Waals surface area contributed by atoms with Gasteiger partial charge in [0, 0.05) is 23.9 Å². The number of rotatable bonds is 5. The van der Waals surface area contributed by atoms with Gasteiger partial charge in [0.2, 0.25) is 0 Å². The minimum Gasteiger partial charge on any atom is -0.327 e.